The van der Waals surface area contributed by atoms with Gasteiger partial charge in [0, 0.05) is 12.2 Å². The highest BCUT2D eigenvalue weighted by molar-refractivity contribution is 5.87. The molecule has 100 valence electrons. The summed E-state index contributed by atoms with van der Waals surface area (Å²) >= 11 is 0. The molecule has 3 heteroatoms. The zero-order valence-corrected chi connectivity index (χ0v) is 11.8. The lowest BCUT2D eigenvalue weighted by molar-refractivity contribution is 0.0580. The number of carbonyl (C=O) groups excluding carboxylic acids is 1. The van der Waals surface area contributed by atoms with Gasteiger partial charge in [0.05, 0.1) is 0 Å². The molecule has 0 radical (unpaired) electrons. The van der Waals surface area contributed by atoms with Gasteiger partial charge < -0.3 is 4.74 Å². The molecule has 0 saturated carbocycles. The van der Waals surface area contributed by atoms with Crippen LogP contribution in [-0.4, -0.2) is 18.2 Å². The van der Waals surface area contributed by atoms with Gasteiger partial charge in [-0.05, 0) is 39.3 Å². The molecule has 3 nitrogen and oxygen atoms in total. The fraction of sp³-hybridized carbons (Fsp3) is 0.533. The first-order valence-corrected chi connectivity index (χ1v) is 6.49. The summed E-state index contributed by atoms with van der Waals surface area (Å²) in [4.78, 5) is 13.9. The molecule has 0 aromatic heterocycles. The normalized spacial score (nSPS) is 11.1. The number of unbranched alkanes of at least 4 members (excludes halogenated alkanes) is 1. The monoisotopic (exact) mass is 249 g/mol. The fourth-order valence-corrected chi connectivity index (χ4v) is 1.57. The minimum atomic E-state index is -0.462. The number of hydrogen-bond donors (Lipinski definition) is 0. The summed E-state index contributed by atoms with van der Waals surface area (Å²) in [5.41, 5.74) is 0.427. The van der Waals surface area contributed by atoms with Crippen molar-refractivity contribution in [3.63, 3.8) is 0 Å². The van der Waals surface area contributed by atoms with E-state index >= 15 is 0 Å². The second-order valence-corrected chi connectivity index (χ2v) is 5.32. The fourth-order valence-electron chi connectivity index (χ4n) is 1.57. The van der Waals surface area contributed by atoms with Gasteiger partial charge in [-0.15, -0.1) is 0 Å². The van der Waals surface area contributed by atoms with Crippen LogP contribution in [-0.2, 0) is 4.74 Å². The quantitative estimate of drug-likeness (QED) is 0.799. The summed E-state index contributed by atoms with van der Waals surface area (Å²) in [6, 6.07) is 9.66. The summed E-state index contributed by atoms with van der Waals surface area (Å²) < 4.78 is 5.44. The van der Waals surface area contributed by atoms with E-state index in [1.165, 1.54) is 0 Å². The highest BCUT2D eigenvalue weighted by atomic mass is 16.6. The van der Waals surface area contributed by atoms with Crippen LogP contribution < -0.4 is 4.90 Å². The molecule has 0 bridgehead atoms. The Morgan fingerprint density at radius 2 is 1.83 bits per heavy atom. The van der Waals surface area contributed by atoms with Crippen molar-refractivity contribution in [2.75, 3.05) is 11.4 Å². The van der Waals surface area contributed by atoms with E-state index in [0.29, 0.717) is 6.54 Å². The third kappa shape index (κ3) is 4.78. The summed E-state index contributed by atoms with van der Waals surface area (Å²) in [6.45, 7) is 8.45. The van der Waals surface area contributed by atoms with Gasteiger partial charge in [0.2, 0.25) is 0 Å². The summed E-state index contributed by atoms with van der Waals surface area (Å²) in [5, 5.41) is 0. The Balaban J connectivity index is 2.82. The number of rotatable bonds is 4. The molecular weight excluding hydrogens is 226 g/mol. The van der Waals surface area contributed by atoms with Crippen molar-refractivity contribution in [3.8, 4) is 0 Å². The van der Waals surface area contributed by atoms with E-state index in [1.807, 2.05) is 51.1 Å². The SMILES string of the molecule is CCCCN(C(=O)OC(C)(C)C)c1ccccc1. The first kappa shape index (κ1) is 14.6. The van der Waals surface area contributed by atoms with Crippen molar-refractivity contribution < 1.29 is 9.53 Å². The smallest absolute Gasteiger partial charge is 0.414 e. The lowest BCUT2D eigenvalue weighted by atomic mass is 10.2. The van der Waals surface area contributed by atoms with Gasteiger partial charge in [-0.3, -0.25) is 4.90 Å². The average Bonchev–Trinajstić information content (AvgIpc) is 2.28. The Hall–Kier alpha value is -1.51. The highest BCUT2D eigenvalue weighted by Crippen LogP contribution is 2.18. The topological polar surface area (TPSA) is 29.5 Å². The second kappa shape index (κ2) is 6.43. The number of nitrogens with zero attached hydrogens (tertiary/aromatic N) is 1. The van der Waals surface area contributed by atoms with E-state index in [-0.39, 0.29) is 6.09 Å². The first-order chi connectivity index (χ1) is 8.44. The van der Waals surface area contributed by atoms with Crippen LogP contribution in [0.4, 0.5) is 10.5 Å². The van der Waals surface area contributed by atoms with E-state index in [2.05, 4.69) is 6.92 Å². The molecular formula is C15H23NO2. The zero-order valence-electron chi connectivity index (χ0n) is 11.8. The molecule has 0 aliphatic carbocycles. The molecule has 0 unspecified atom stereocenters. The Bertz CT molecular complexity index is 368. The van der Waals surface area contributed by atoms with Crippen LogP contribution in [0.25, 0.3) is 0 Å². The molecule has 0 atom stereocenters. The molecule has 1 rings (SSSR count). The van der Waals surface area contributed by atoms with Gasteiger partial charge in [0.15, 0.2) is 0 Å². The van der Waals surface area contributed by atoms with Gasteiger partial charge in [-0.25, -0.2) is 4.79 Å². The van der Waals surface area contributed by atoms with Crippen molar-refractivity contribution >= 4 is 11.8 Å². The maximum absolute atomic E-state index is 12.2. The number of para-hydroxylation sites is 1. The standard InChI is InChI=1S/C15H23NO2/c1-5-6-12-16(13-10-8-7-9-11-13)14(17)18-15(2,3)4/h7-11H,5-6,12H2,1-4H3. The maximum Gasteiger partial charge on any atom is 0.414 e. The van der Waals surface area contributed by atoms with Gasteiger partial charge in [-0.2, -0.15) is 0 Å². The van der Waals surface area contributed by atoms with Gasteiger partial charge >= 0.3 is 6.09 Å². The van der Waals surface area contributed by atoms with Crippen molar-refractivity contribution in [3.05, 3.63) is 30.3 Å². The number of hydrogen-bond acceptors (Lipinski definition) is 2. The third-order valence-electron chi connectivity index (χ3n) is 2.42. The van der Waals surface area contributed by atoms with E-state index in [9.17, 15) is 4.79 Å². The Labute approximate surface area is 110 Å². The summed E-state index contributed by atoms with van der Waals surface area (Å²) in [6.07, 6.45) is 1.74. The number of amides is 1. The molecule has 1 aromatic rings. The molecule has 0 fully saturated rings. The number of ether oxygens (including phenoxy) is 1. The Morgan fingerprint density at radius 3 is 2.33 bits per heavy atom. The molecule has 18 heavy (non-hydrogen) atoms. The van der Waals surface area contributed by atoms with Crippen molar-refractivity contribution in [2.45, 2.75) is 46.1 Å². The lowest BCUT2D eigenvalue weighted by Crippen LogP contribution is -2.37. The second-order valence-electron chi connectivity index (χ2n) is 5.32. The molecule has 0 spiro atoms. The number of anilines is 1. The Kier molecular flexibility index (Phi) is 5.20. The van der Waals surface area contributed by atoms with Crippen LogP contribution in [0.2, 0.25) is 0 Å². The van der Waals surface area contributed by atoms with Crippen LogP contribution in [0.3, 0.4) is 0 Å². The molecule has 0 aliphatic rings. The third-order valence-corrected chi connectivity index (χ3v) is 2.42. The van der Waals surface area contributed by atoms with Crippen LogP contribution in [0.15, 0.2) is 30.3 Å². The zero-order chi connectivity index (χ0) is 13.6. The van der Waals surface area contributed by atoms with Crippen LogP contribution in [0, 0.1) is 0 Å². The summed E-state index contributed by atoms with van der Waals surface area (Å²) in [7, 11) is 0. The van der Waals surface area contributed by atoms with Crippen LogP contribution in [0.5, 0.6) is 0 Å². The lowest BCUT2D eigenvalue weighted by Gasteiger charge is -2.27. The summed E-state index contributed by atoms with van der Waals surface area (Å²) in [5.74, 6) is 0. The highest BCUT2D eigenvalue weighted by Gasteiger charge is 2.22. The van der Waals surface area contributed by atoms with Crippen molar-refractivity contribution in [1.82, 2.24) is 0 Å². The maximum atomic E-state index is 12.2. The van der Waals surface area contributed by atoms with Gasteiger partial charge in [0.1, 0.15) is 5.60 Å². The van der Waals surface area contributed by atoms with E-state index in [0.717, 1.165) is 18.5 Å². The largest absolute Gasteiger partial charge is 0.443 e. The minimum absolute atomic E-state index is 0.276. The van der Waals surface area contributed by atoms with Crippen molar-refractivity contribution in [2.24, 2.45) is 0 Å². The number of benzene rings is 1. The molecule has 1 aromatic carbocycles. The molecule has 0 N–H and O–H groups in total. The first-order valence-electron chi connectivity index (χ1n) is 6.49. The predicted octanol–water partition coefficient (Wildman–Crippen LogP) is 4.23. The molecule has 0 aliphatic heterocycles. The van der Waals surface area contributed by atoms with Crippen LogP contribution >= 0.6 is 0 Å². The van der Waals surface area contributed by atoms with Crippen LogP contribution in [0.1, 0.15) is 40.5 Å². The molecule has 1 amide bonds. The van der Waals surface area contributed by atoms with E-state index in [1.54, 1.807) is 4.90 Å². The van der Waals surface area contributed by atoms with E-state index in [4.69, 9.17) is 4.74 Å². The number of carbonyl (C=O) groups is 1. The van der Waals surface area contributed by atoms with Crippen molar-refractivity contribution in [1.29, 1.82) is 0 Å². The van der Waals surface area contributed by atoms with Gasteiger partial charge in [-0.1, -0.05) is 31.5 Å². The molecule has 0 saturated heterocycles. The minimum Gasteiger partial charge on any atom is -0.443 e. The molecule has 0 heterocycles. The van der Waals surface area contributed by atoms with E-state index < -0.39 is 5.60 Å². The predicted molar refractivity (Wildman–Crippen MR) is 74.9 cm³/mol. The van der Waals surface area contributed by atoms with Gasteiger partial charge in [0.25, 0.3) is 0 Å². The average molecular weight is 249 g/mol. The Morgan fingerprint density at radius 1 is 1.22 bits per heavy atom.